The number of carboxylic acid groups (broad SMARTS) is 2. The number of aliphatic hydroxyl groups is 1. The first kappa shape index (κ1) is 26.6. The van der Waals surface area contributed by atoms with Gasteiger partial charge in [-0.25, -0.2) is 9.59 Å². The molecule has 1 saturated heterocycles. The highest BCUT2D eigenvalue weighted by Gasteiger charge is 2.48. The molecule has 5 N–H and O–H groups in total. The molecule has 11 nitrogen and oxygen atoms in total. The van der Waals surface area contributed by atoms with Gasteiger partial charge in [0.15, 0.2) is 0 Å². The third-order valence-electron chi connectivity index (χ3n) is 6.28. The van der Waals surface area contributed by atoms with E-state index in [-0.39, 0.29) is 28.4 Å². The van der Waals surface area contributed by atoms with Crippen LogP contribution in [-0.2, 0) is 19.1 Å². The lowest BCUT2D eigenvalue weighted by Crippen LogP contribution is -2.40. The number of carbonyl (C=O) groups is 4. The molecule has 2 aliphatic rings. The van der Waals surface area contributed by atoms with Gasteiger partial charge in [-0.05, 0) is 37.5 Å². The van der Waals surface area contributed by atoms with Crippen molar-refractivity contribution >= 4 is 47.0 Å². The largest absolute Gasteiger partial charge is 0.478 e. The topological polar surface area (TPSA) is 175 Å². The number of thioether (sulfide) groups is 1. The van der Waals surface area contributed by atoms with Crippen LogP contribution in [0.25, 0.3) is 0 Å². The summed E-state index contributed by atoms with van der Waals surface area (Å²) >= 11 is 1.38. The SMILES string of the molecule is COC(=O)C([C@@H](C)O)[C@@H]1N=C(C(=O)O)[C@H](S[C@@H]2CN[C@H](C(=O)Nc3cccc(C(=O)O)c3)C2)[C@@H]1C. The lowest BCUT2D eigenvalue weighted by molar-refractivity contribution is -0.150. The van der Waals surface area contributed by atoms with Crippen LogP contribution in [0.1, 0.15) is 30.6 Å². The summed E-state index contributed by atoms with van der Waals surface area (Å²) in [7, 11) is 1.21. The minimum absolute atomic E-state index is 0.0586. The number of aromatic carboxylic acids is 1. The third kappa shape index (κ3) is 6.00. The first-order valence-electron chi connectivity index (χ1n) is 11.1. The van der Waals surface area contributed by atoms with Gasteiger partial charge in [0.2, 0.25) is 5.91 Å². The lowest BCUT2D eigenvalue weighted by Gasteiger charge is -2.28. The molecule has 2 aliphatic heterocycles. The Labute approximate surface area is 206 Å². The molecule has 3 rings (SSSR count). The van der Waals surface area contributed by atoms with Crippen LogP contribution in [0.2, 0.25) is 0 Å². The summed E-state index contributed by atoms with van der Waals surface area (Å²) in [5.41, 5.74) is 0.358. The maximum absolute atomic E-state index is 12.7. The Morgan fingerprint density at radius 1 is 1.23 bits per heavy atom. The number of methoxy groups -OCH3 is 1. The normalized spacial score (nSPS) is 27.5. The van der Waals surface area contributed by atoms with Crippen LogP contribution in [0.3, 0.4) is 0 Å². The van der Waals surface area contributed by atoms with Gasteiger partial charge >= 0.3 is 17.9 Å². The van der Waals surface area contributed by atoms with Crippen molar-refractivity contribution in [1.29, 1.82) is 0 Å². The second-order valence-electron chi connectivity index (χ2n) is 8.71. The Kier molecular flexibility index (Phi) is 8.51. The van der Waals surface area contributed by atoms with Crippen molar-refractivity contribution in [2.75, 3.05) is 19.0 Å². The molecule has 0 bridgehead atoms. The predicted octanol–water partition coefficient (Wildman–Crippen LogP) is 0.870. The second-order valence-corrected chi connectivity index (χ2v) is 10.2. The fourth-order valence-electron chi connectivity index (χ4n) is 4.48. The number of hydrogen-bond acceptors (Lipinski definition) is 9. The molecule has 0 spiro atoms. The number of ether oxygens (including phenoxy) is 1. The Hall–Kier alpha value is -2.96. The molecule has 12 heteroatoms. The number of aliphatic imine (C=N–C) groups is 1. The van der Waals surface area contributed by atoms with Gasteiger partial charge in [-0.3, -0.25) is 14.6 Å². The molecule has 0 saturated carbocycles. The van der Waals surface area contributed by atoms with Gasteiger partial charge in [-0.15, -0.1) is 11.8 Å². The van der Waals surface area contributed by atoms with Crippen LogP contribution in [0, 0.1) is 11.8 Å². The number of rotatable bonds is 9. The Bertz CT molecular complexity index is 1030. The van der Waals surface area contributed by atoms with Crippen LogP contribution in [-0.4, -0.2) is 87.2 Å². The summed E-state index contributed by atoms with van der Waals surface area (Å²) in [5, 5.41) is 34.2. The summed E-state index contributed by atoms with van der Waals surface area (Å²) in [4.78, 5) is 52.3. The van der Waals surface area contributed by atoms with E-state index in [1.165, 1.54) is 37.9 Å². The van der Waals surface area contributed by atoms with E-state index in [9.17, 15) is 29.4 Å². The standard InChI is InChI=1S/C23H29N3O8S/c1-10-17(16(11(2)27)23(33)34-3)26-18(22(31)32)19(10)35-14-8-15(24-9-14)20(28)25-13-6-4-5-12(7-13)21(29)30/h4-7,10-11,14-17,19,24,27H,8-9H2,1-3H3,(H,25,28)(H,29,30)(H,31,32)/t10-,11-,14+,15+,16?,17-,19-/m1/s1. The van der Waals surface area contributed by atoms with Crippen molar-refractivity contribution in [3.05, 3.63) is 29.8 Å². The number of anilines is 1. The van der Waals surface area contributed by atoms with Crippen molar-refractivity contribution in [2.24, 2.45) is 16.8 Å². The first-order valence-corrected chi connectivity index (χ1v) is 12.1. The van der Waals surface area contributed by atoms with Crippen molar-refractivity contribution in [1.82, 2.24) is 5.32 Å². The van der Waals surface area contributed by atoms with Crippen molar-refractivity contribution in [2.45, 2.75) is 49.0 Å². The zero-order valence-electron chi connectivity index (χ0n) is 19.5. The highest BCUT2D eigenvalue weighted by Crippen LogP contribution is 2.40. The number of esters is 1. The Balaban J connectivity index is 1.67. The van der Waals surface area contributed by atoms with E-state index >= 15 is 0 Å². The summed E-state index contributed by atoms with van der Waals surface area (Å²) in [5.74, 6) is -4.61. The van der Waals surface area contributed by atoms with E-state index in [0.29, 0.717) is 18.7 Å². The number of hydrogen-bond donors (Lipinski definition) is 5. The number of nitrogens with zero attached hydrogens (tertiary/aromatic N) is 1. The minimum atomic E-state index is -1.19. The minimum Gasteiger partial charge on any atom is -0.478 e. The van der Waals surface area contributed by atoms with Crippen LogP contribution in [0.15, 0.2) is 29.3 Å². The van der Waals surface area contributed by atoms with Crippen LogP contribution in [0.4, 0.5) is 5.69 Å². The van der Waals surface area contributed by atoms with Crippen LogP contribution >= 0.6 is 11.8 Å². The highest BCUT2D eigenvalue weighted by atomic mass is 32.2. The summed E-state index contributed by atoms with van der Waals surface area (Å²) in [6.45, 7) is 3.69. The van der Waals surface area contributed by atoms with E-state index < -0.39 is 47.3 Å². The fourth-order valence-corrected chi connectivity index (χ4v) is 6.09. The van der Waals surface area contributed by atoms with Crippen molar-refractivity contribution in [3.8, 4) is 0 Å². The van der Waals surface area contributed by atoms with E-state index in [1.54, 1.807) is 19.1 Å². The van der Waals surface area contributed by atoms with Gasteiger partial charge in [0.1, 0.15) is 11.6 Å². The summed E-state index contributed by atoms with van der Waals surface area (Å²) in [6, 6.07) is 4.65. The fraction of sp³-hybridized carbons (Fsp3) is 0.522. The number of carbonyl (C=O) groups excluding carboxylic acids is 2. The number of carboxylic acids is 2. The predicted molar refractivity (Wildman–Crippen MR) is 129 cm³/mol. The molecule has 0 radical (unpaired) electrons. The molecule has 1 amide bonds. The molecule has 1 aromatic carbocycles. The number of amides is 1. The van der Waals surface area contributed by atoms with E-state index in [2.05, 4.69) is 15.6 Å². The maximum Gasteiger partial charge on any atom is 0.350 e. The Morgan fingerprint density at radius 2 is 1.94 bits per heavy atom. The zero-order valence-corrected chi connectivity index (χ0v) is 20.3. The molecule has 1 fully saturated rings. The molecule has 1 unspecified atom stereocenters. The van der Waals surface area contributed by atoms with Gasteiger partial charge in [0, 0.05) is 17.5 Å². The molecule has 35 heavy (non-hydrogen) atoms. The number of nitrogens with one attached hydrogen (secondary N) is 2. The average molecular weight is 508 g/mol. The van der Waals surface area contributed by atoms with Gasteiger partial charge in [0.25, 0.3) is 0 Å². The van der Waals surface area contributed by atoms with Gasteiger partial charge in [-0.1, -0.05) is 13.0 Å². The number of aliphatic carboxylic acids is 1. The molecule has 7 atom stereocenters. The third-order valence-corrected chi connectivity index (χ3v) is 7.97. The molecule has 0 aromatic heterocycles. The van der Waals surface area contributed by atoms with Crippen LogP contribution in [0.5, 0.6) is 0 Å². The monoisotopic (exact) mass is 507 g/mol. The van der Waals surface area contributed by atoms with Gasteiger partial charge in [0.05, 0.1) is 36.1 Å². The summed E-state index contributed by atoms with van der Waals surface area (Å²) in [6.07, 6.45) is -0.648. The molecule has 190 valence electrons. The lowest BCUT2D eigenvalue weighted by atomic mass is 9.86. The molecule has 0 aliphatic carbocycles. The van der Waals surface area contributed by atoms with Gasteiger partial charge in [-0.2, -0.15) is 0 Å². The smallest absolute Gasteiger partial charge is 0.350 e. The van der Waals surface area contributed by atoms with Crippen molar-refractivity contribution in [3.63, 3.8) is 0 Å². The van der Waals surface area contributed by atoms with E-state index in [1.807, 2.05) is 0 Å². The zero-order chi connectivity index (χ0) is 25.9. The van der Waals surface area contributed by atoms with Crippen molar-refractivity contribution < 1.29 is 39.2 Å². The molecule has 1 aromatic rings. The highest BCUT2D eigenvalue weighted by molar-refractivity contribution is 8.01. The Morgan fingerprint density at radius 3 is 2.54 bits per heavy atom. The quantitative estimate of drug-likeness (QED) is 0.302. The number of aliphatic hydroxyl groups excluding tert-OH is 1. The first-order chi connectivity index (χ1) is 16.5. The maximum atomic E-state index is 12.7. The molecular formula is C23H29N3O8S. The van der Waals surface area contributed by atoms with E-state index in [0.717, 1.165) is 0 Å². The van der Waals surface area contributed by atoms with Gasteiger partial charge < -0.3 is 30.7 Å². The second kappa shape index (κ2) is 11.2. The average Bonchev–Trinajstić information content (AvgIpc) is 3.40. The number of benzene rings is 1. The van der Waals surface area contributed by atoms with E-state index in [4.69, 9.17) is 9.84 Å². The summed E-state index contributed by atoms with van der Waals surface area (Å²) < 4.78 is 4.80. The molecular weight excluding hydrogens is 478 g/mol. The molecule has 2 heterocycles. The van der Waals surface area contributed by atoms with Crippen LogP contribution < -0.4 is 10.6 Å².